The highest BCUT2D eigenvalue weighted by atomic mass is 16.3. The molecule has 2 aromatic rings. The topological polar surface area (TPSA) is 37.3 Å². The lowest BCUT2D eigenvalue weighted by Crippen LogP contribution is -2.26. The smallest absolute Gasteiger partial charge is 0.155 e. The summed E-state index contributed by atoms with van der Waals surface area (Å²) in [5.41, 5.74) is 5.60. The standard InChI is InChI=1S/C24H30O2/c1-6-22(25)13-10-19-9-11-20(15-17(19)4)24(7-2,8-3)21-12-14-23(26)18(5)16-21/h9-16,26H,6-8H2,1-5H3/b13-10+. The number of aryl methyl sites for hydroxylation is 2. The van der Waals surface area contributed by atoms with Gasteiger partial charge in [-0.1, -0.05) is 57.2 Å². The van der Waals surface area contributed by atoms with Crippen molar-refractivity contribution in [3.05, 3.63) is 70.3 Å². The molecule has 0 atom stereocenters. The van der Waals surface area contributed by atoms with Crippen LogP contribution in [-0.4, -0.2) is 10.9 Å². The van der Waals surface area contributed by atoms with E-state index in [0.29, 0.717) is 12.2 Å². The minimum atomic E-state index is -0.0787. The lowest BCUT2D eigenvalue weighted by atomic mass is 9.70. The van der Waals surface area contributed by atoms with Crippen molar-refractivity contribution >= 4 is 11.9 Å². The molecule has 0 unspecified atom stereocenters. The van der Waals surface area contributed by atoms with Gasteiger partial charge in [0.2, 0.25) is 0 Å². The lowest BCUT2D eigenvalue weighted by Gasteiger charge is -2.34. The molecule has 2 nitrogen and oxygen atoms in total. The Kier molecular flexibility index (Phi) is 6.42. The lowest BCUT2D eigenvalue weighted by molar-refractivity contribution is -0.114. The molecule has 26 heavy (non-hydrogen) atoms. The second-order valence-corrected chi connectivity index (χ2v) is 7.02. The zero-order valence-corrected chi connectivity index (χ0v) is 16.6. The predicted octanol–water partition coefficient (Wildman–Crippen LogP) is 6.11. The second-order valence-electron chi connectivity index (χ2n) is 7.02. The average molecular weight is 351 g/mol. The zero-order valence-electron chi connectivity index (χ0n) is 16.6. The molecule has 0 aromatic heterocycles. The number of carbonyl (C=O) groups is 1. The van der Waals surface area contributed by atoms with Crippen molar-refractivity contribution < 1.29 is 9.90 Å². The number of phenolic OH excluding ortho intramolecular Hbond substituents is 1. The third kappa shape index (κ3) is 3.90. The Morgan fingerprint density at radius 1 is 0.962 bits per heavy atom. The number of phenols is 1. The molecule has 0 fully saturated rings. The molecule has 0 aliphatic rings. The summed E-state index contributed by atoms with van der Waals surface area (Å²) < 4.78 is 0. The summed E-state index contributed by atoms with van der Waals surface area (Å²) in [4.78, 5) is 11.6. The van der Waals surface area contributed by atoms with Crippen LogP contribution in [0.15, 0.2) is 42.5 Å². The molecule has 1 N–H and O–H groups in total. The first kappa shape index (κ1) is 20.0. The number of ketones is 1. The normalized spacial score (nSPS) is 11.9. The number of hydrogen-bond acceptors (Lipinski definition) is 2. The number of carbonyl (C=O) groups excluding carboxylic acids is 1. The monoisotopic (exact) mass is 350 g/mol. The number of benzene rings is 2. The number of allylic oxidation sites excluding steroid dienone is 1. The van der Waals surface area contributed by atoms with Crippen molar-refractivity contribution in [3.8, 4) is 5.75 Å². The third-order valence-electron chi connectivity index (χ3n) is 5.58. The van der Waals surface area contributed by atoms with Gasteiger partial charge in [-0.05, 0) is 66.6 Å². The Morgan fingerprint density at radius 2 is 1.54 bits per heavy atom. The van der Waals surface area contributed by atoms with Crippen LogP contribution in [0.2, 0.25) is 0 Å². The van der Waals surface area contributed by atoms with Gasteiger partial charge in [0.05, 0.1) is 0 Å². The molecule has 0 radical (unpaired) electrons. The molecule has 2 aromatic carbocycles. The summed E-state index contributed by atoms with van der Waals surface area (Å²) in [7, 11) is 0. The van der Waals surface area contributed by atoms with Crippen molar-refractivity contribution in [3.63, 3.8) is 0 Å². The van der Waals surface area contributed by atoms with E-state index in [-0.39, 0.29) is 11.2 Å². The van der Waals surface area contributed by atoms with Crippen molar-refractivity contribution in [1.29, 1.82) is 0 Å². The maximum absolute atomic E-state index is 11.6. The highest BCUT2D eigenvalue weighted by Crippen LogP contribution is 2.40. The average Bonchev–Trinajstić information content (AvgIpc) is 2.65. The van der Waals surface area contributed by atoms with Gasteiger partial charge in [0.15, 0.2) is 5.78 Å². The van der Waals surface area contributed by atoms with Gasteiger partial charge in [-0.25, -0.2) is 0 Å². The number of rotatable bonds is 7. The van der Waals surface area contributed by atoms with E-state index in [9.17, 15) is 9.90 Å². The fraction of sp³-hybridized carbons (Fsp3) is 0.375. The first-order valence-corrected chi connectivity index (χ1v) is 9.50. The summed E-state index contributed by atoms with van der Waals surface area (Å²) in [6.07, 6.45) is 6.07. The Balaban J connectivity index is 2.50. The van der Waals surface area contributed by atoms with Gasteiger partial charge < -0.3 is 5.11 Å². The highest BCUT2D eigenvalue weighted by Gasteiger charge is 2.31. The van der Waals surface area contributed by atoms with Gasteiger partial charge in [-0.2, -0.15) is 0 Å². The molecular weight excluding hydrogens is 320 g/mol. The van der Waals surface area contributed by atoms with E-state index in [4.69, 9.17) is 0 Å². The molecule has 2 rings (SSSR count). The van der Waals surface area contributed by atoms with E-state index < -0.39 is 0 Å². The van der Waals surface area contributed by atoms with Gasteiger partial charge in [0.1, 0.15) is 5.75 Å². The van der Waals surface area contributed by atoms with Crippen LogP contribution >= 0.6 is 0 Å². The van der Waals surface area contributed by atoms with E-state index in [1.54, 1.807) is 12.1 Å². The molecule has 0 aliphatic carbocycles. The molecule has 0 saturated carbocycles. The summed E-state index contributed by atoms with van der Waals surface area (Å²) in [6, 6.07) is 12.5. The summed E-state index contributed by atoms with van der Waals surface area (Å²) in [5, 5.41) is 9.89. The molecule has 138 valence electrons. The Bertz CT molecular complexity index is 811. The van der Waals surface area contributed by atoms with Crippen molar-refractivity contribution in [2.45, 2.75) is 59.3 Å². The van der Waals surface area contributed by atoms with Crippen LogP contribution in [0.1, 0.15) is 67.9 Å². The maximum atomic E-state index is 11.6. The molecule has 0 heterocycles. The molecular formula is C24H30O2. The van der Waals surface area contributed by atoms with Gasteiger partial charge in [-0.15, -0.1) is 0 Å². The minimum absolute atomic E-state index is 0.0787. The van der Waals surface area contributed by atoms with Crippen LogP contribution in [-0.2, 0) is 10.2 Å². The molecule has 2 heteroatoms. The molecule has 0 aliphatic heterocycles. The van der Waals surface area contributed by atoms with Crippen LogP contribution < -0.4 is 0 Å². The molecule has 0 spiro atoms. The predicted molar refractivity (Wildman–Crippen MR) is 110 cm³/mol. The summed E-state index contributed by atoms with van der Waals surface area (Å²) in [6.45, 7) is 10.3. The van der Waals surface area contributed by atoms with Crippen molar-refractivity contribution in [2.24, 2.45) is 0 Å². The van der Waals surface area contributed by atoms with Crippen LogP contribution in [0.3, 0.4) is 0 Å². The van der Waals surface area contributed by atoms with Crippen LogP contribution in [0.4, 0.5) is 0 Å². The number of hydrogen-bond donors (Lipinski definition) is 1. The molecule has 0 saturated heterocycles. The maximum Gasteiger partial charge on any atom is 0.155 e. The van der Waals surface area contributed by atoms with Crippen molar-refractivity contribution in [2.75, 3.05) is 0 Å². The molecule has 0 amide bonds. The fourth-order valence-corrected chi connectivity index (χ4v) is 3.65. The fourth-order valence-electron chi connectivity index (χ4n) is 3.65. The quantitative estimate of drug-likeness (QED) is 0.612. The van der Waals surface area contributed by atoms with Gasteiger partial charge >= 0.3 is 0 Å². The van der Waals surface area contributed by atoms with Crippen molar-refractivity contribution in [1.82, 2.24) is 0 Å². The van der Waals surface area contributed by atoms with E-state index in [2.05, 4.69) is 45.0 Å². The number of aromatic hydroxyl groups is 1. The van der Waals surface area contributed by atoms with E-state index in [1.165, 1.54) is 16.7 Å². The molecule has 0 bridgehead atoms. The third-order valence-corrected chi connectivity index (χ3v) is 5.58. The van der Waals surface area contributed by atoms with Gasteiger partial charge in [-0.3, -0.25) is 4.79 Å². The van der Waals surface area contributed by atoms with Crippen LogP contribution in [0, 0.1) is 13.8 Å². The van der Waals surface area contributed by atoms with E-state index in [1.807, 2.05) is 26.0 Å². The first-order valence-electron chi connectivity index (χ1n) is 9.50. The van der Waals surface area contributed by atoms with Gasteiger partial charge in [0.25, 0.3) is 0 Å². The Labute approximate surface area is 157 Å². The van der Waals surface area contributed by atoms with E-state index in [0.717, 1.165) is 24.0 Å². The second kappa shape index (κ2) is 8.35. The summed E-state index contributed by atoms with van der Waals surface area (Å²) in [5.74, 6) is 0.483. The van der Waals surface area contributed by atoms with Crippen LogP contribution in [0.5, 0.6) is 5.75 Å². The summed E-state index contributed by atoms with van der Waals surface area (Å²) >= 11 is 0. The Hall–Kier alpha value is -2.35. The SMILES string of the molecule is CCC(=O)/C=C/c1ccc(C(CC)(CC)c2ccc(O)c(C)c2)cc1C. The van der Waals surface area contributed by atoms with Crippen LogP contribution in [0.25, 0.3) is 6.08 Å². The minimum Gasteiger partial charge on any atom is -0.508 e. The largest absolute Gasteiger partial charge is 0.508 e. The zero-order chi connectivity index (χ0) is 19.3. The first-order chi connectivity index (χ1) is 12.4. The van der Waals surface area contributed by atoms with Gasteiger partial charge in [0, 0.05) is 11.8 Å². The highest BCUT2D eigenvalue weighted by molar-refractivity contribution is 5.93. The van der Waals surface area contributed by atoms with E-state index >= 15 is 0 Å². The Morgan fingerprint density at radius 3 is 2.04 bits per heavy atom.